The molecule has 2 aliphatic heterocycles. The number of likely N-dealkylation sites (tertiary alicyclic amines) is 1. The Balaban J connectivity index is 1.64. The van der Waals surface area contributed by atoms with Crippen molar-refractivity contribution in [2.24, 2.45) is 0 Å². The van der Waals surface area contributed by atoms with Crippen molar-refractivity contribution in [2.75, 3.05) is 31.1 Å². The van der Waals surface area contributed by atoms with Gasteiger partial charge >= 0.3 is 0 Å². The minimum Gasteiger partial charge on any atom is -0.368 e. The SMILES string of the molecule is CC=CCN1CCC(N2CCCc3ccccc32)CC1. The largest absolute Gasteiger partial charge is 0.368 e. The zero-order valence-electron chi connectivity index (χ0n) is 12.6. The summed E-state index contributed by atoms with van der Waals surface area (Å²) >= 11 is 0. The molecule has 1 aromatic carbocycles. The zero-order chi connectivity index (χ0) is 13.8. The fraction of sp³-hybridized carbons (Fsp3) is 0.556. The normalized spacial score (nSPS) is 21.4. The molecule has 0 atom stereocenters. The topological polar surface area (TPSA) is 6.48 Å². The van der Waals surface area contributed by atoms with Crippen LogP contribution in [0.4, 0.5) is 5.69 Å². The molecule has 1 fully saturated rings. The summed E-state index contributed by atoms with van der Waals surface area (Å²) in [4.78, 5) is 5.26. The number of piperidine rings is 1. The number of hydrogen-bond donors (Lipinski definition) is 0. The number of para-hydroxylation sites is 1. The molecular formula is C18H26N2. The lowest BCUT2D eigenvalue weighted by Crippen LogP contribution is -2.46. The minimum atomic E-state index is 0.748. The molecule has 0 amide bonds. The number of anilines is 1. The molecule has 2 heteroatoms. The van der Waals surface area contributed by atoms with Crippen molar-refractivity contribution in [3.05, 3.63) is 42.0 Å². The molecule has 2 aliphatic rings. The highest BCUT2D eigenvalue weighted by atomic mass is 15.2. The maximum Gasteiger partial charge on any atom is 0.0401 e. The predicted molar refractivity (Wildman–Crippen MR) is 86.4 cm³/mol. The van der Waals surface area contributed by atoms with Crippen LogP contribution in [-0.4, -0.2) is 37.1 Å². The van der Waals surface area contributed by atoms with Gasteiger partial charge < -0.3 is 4.90 Å². The van der Waals surface area contributed by atoms with Gasteiger partial charge in [0.2, 0.25) is 0 Å². The van der Waals surface area contributed by atoms with Gasteiger partial charge in [-0.3, -0.25) is 4.90 Å². The van der Waals surface area contributed by atoms with Gasteiger partial charge in [0.25, 0.3) is 0 Å². The van der Waals surface area contributed by atoms with E-state index in [0.29, 0.717) is 0 Å². The van der Waals surface area contributed by atoms with Crippen LogP contribution in [-0.2, 0) is 6.42 Å². The van der Waals surface area contributed by atoms with E-state index in [1.54, 1.807) is 5.56 Å². The Hall–Kier alpha value is -1.28. The molecule has 0 radical (unpaired) electrons. The van der Waals surface area contributed by atoms with Gasteiger partial charge in [-0.2, -0.15) is 0 Å². The van der Waals surface area contributed by atoms with Crippen LogP contribution in [0.5, 0.6) is 0 Å². The molecule has 2 heterocycles. The van der Waals surface area contributed by atoms with Crippen LogP contribution in [0.2, 0.25) is 0 Å². The van der Waals surface area contributed by atoms with Crippen molar-refractivity contribution < 1.29 is 0 Å². The summed E-state index contributed by atoms with van der Waals surface area (Å²) in [5.74, 6) is 0. The number of rotatable bonds is 3. The first-order valence-corrected chi connectivity index (χ1v) is 8.06. The van der Waals surface area contributed by atoms with Gasteiger partial charge in [-0.15, -0.1) is 0 Å². The van der Waals surface area contributed by atoms with Gasteiger partial charge in [0.05, 0.1) is 0 Å². The maximum absolute atomic E-state index is 2.69. The van der Waals surface area contributed by atoms with E-state index in [4.69, 9.17) is 0 Å². The number of hydrogen-bond acceptors (Lipinski definition) is 2. The van der Waals surface area contributed by atoms with E-state index in [0.717, 1.165) is 12.6 Å². The fourth-order valence-corrected chi connectivity index (χ4v) is 3.61. The molecule has 3 rings (SSSR count). The summed E-state index contributed by atoms with van der Waals surface area (Å²) in [7, 11) is 0. The van der Waals surface area contributed by atoms with Gasteiger partial charge in [0.1, 0.15) is 0 Å². The lowest BCUT2D eigenvalue weighted by molar-refractivity contribution is 0.227. The highest BCUT2D eigenvalue weighted by Crippen LogP contribution is 2.31. The van der Waals surface area contributed by atoms with Gasteiger partial charge in [0.15, 0.2) is 0 Å². The van der Waals surface area contributed by atoms with E-state index >= 15 is 0 Å². The Morgan fingerprint density at radius 1 is 1.15 bits per heavy atom. The molecular weight excluding hydrogens is 244 g/mol. The summed E-state index contributed by atoms with van der Waals surface area (Å²) in [6, 6.07) is 9.75. The Kier molecular flexibility index (Phi) is 4.41. The molecule has 0 bridgehead atoms. The third-order valence-electron chi connectivity index (χ3n) is 4.74. The fourth-order valence-electron chi connectivity index (χ4n) is 3.61. The van der Waals surface area contributed by atoms with Crippen LogP contribution in [0.15, 0.2) is 36.4 Å². The van der Waals surface area contributed by atoms with Gasteiger partial charge in [-0.1, -0.05) is 30.4 Å². The van der Waals surface area contributed by atoms with E-state index in [2.05, 4.69) is 53.1 Å². The second kappa shape index (κ2) is 6.45. The van der Waals surface area contributed by atoms with Crippen LogP contribution in [0.3, 0.4) is 0 Å². The molecule has 0 saturated carbocycles. The zero-order valence-corrected chi connectivity index (χ0v) is 12.6. The van der Waals surface area contributed by atoms with Gasteiger partial charge in [-0.25, -0.2) is 0 Å². The lowest BCUT2D eigenvalue weighted by atomic mass is 9.96. The van der Waals surface area contributed by atoms with Crippen molar-refractivity contribution in [3.63, 3.8) is 0 Å². The van der Waals surface area contributed by atoms with E-state index in [9.17, 15) is 0 Å². The summed E-state index contributed by atoms with van der Waals surface area (Å²) in [5, 5.41) is 0. The molecule has 0 N–H and O–H groups in total. The van der Waals surface area contributed by atoms with E-state index < -0.39 is 0 Å². The van der Waals surface area contributed by atoms with Crippen molar-refractivity contribution in [2.45, 2.75) is 38.6 Å². The van der Waals surface area contributed by atoms with Crippen molar-refractivity contribution >= 4 is 5.69 Å². The van der Waals surface area contributed by atoms with Crippen LogP contribution in [0.1, 0.15) is 31.7 Å². The van der Waals surface area contributed by atoms with Crippen LogP contribution in [0.25, 0.3) is 0 Å². The van der Waals surface area contributed by atoms with Crippen LogP contribution < -0.4 is 4.90 Å². The van der Waals surface area contributed by atoms with Crippen LogP contribution in [0, 0.1) is 0 Å². The Labute approximate surface area is 123 Å². The molecule has 1 aromatic rings. The minimum absolute atomic E-state index is 0.748. The number of nitrogens with zero attached hydrogens (tertiary/aromatic N) is 2. The molecule has 0 aliphatic carbocycles. The van der Waals surface area contributed by atoms with E-state index in [-0.39, 0.29) is 0 Å². The van der Waals surface area contributed by atoms with E-state index in [1.165, 1.54) is 51.0 Å². The number of aryl methyl sites for hydroxylation is 1. The maximum atomic E-state index is 2.69. The Bertz CT molecular complexity index is 458. The summed E-state index contributed by atoms with van der Waals surface area (Å²) < 4.78 is 0. The predicted octanol–water partition coefficient (Wildman–Crippen LogP) is 3.48. The second-order valence-corrected chi connectivity index (χ2v) is 6.03. The molecule has 0 aromatic heterocycles. The summed E-state index contributed by atoms with van der Waals surface area (Å²) in [5.41, 5.74) is 3.06. The molecule has 1 saturated heterocycles. The average molecular weight is 270 g/mol. The summed E-state index contributed by atoms with van der Waals surface area (Å²) in [6.07, 6.45) is 9.63. The van der Waals surface area contributed by atoms with Crippen molar-refractivity contribution in [3.8, 4) is 0 Å². The smallest absolute Gasteiger partial charge is 0.0401 e. The van der Waals surface area contributed by atoms with E-state index in [1.807, 2.05) is 0 Å². The standard InChI is InChI=1S/C18H26N2/c1-2-3-12-19-14-10-17(11-15-19)20-13-6-8-16-7-4-5-9-18(16)20/h2-5,7,9,17H,6,8,10-15H2,1H3. The average Bonchev–Trinajstić information content (AvgIpc) is 2.53. The van der Waals surface area contributed by atoms with Gasteiger partial charge in [0, 0.05) is 37.9 Å². The number of allylic oxidation sites excluding steroid dienone is 1. The molecule has 0 unspecified atom stereocenters. The van der Waals surface area contributed by atoms with Crippen molar-refractivity contribution in [1.82, 2.24) is 4.90 Å². The molecule has 20 heavy (non-hydrogen) atoms. The quantitative estimate of drug-likeness (QED) is 0.776. The Morgan fingerprint density at radius 3 is 2.75 bits per heavy atom. The molecule has 108 valence electrons. The first kappa shape index (κ1) is 13.7. The highest BCUT2D eigenvalue weighted by molar-refractivity contribution is 5.56. The molecule has 2 nitrogen and oxygen atoms in total. The van der Waals surface area contributed by atoms with Crippen molar-refractivity contribution in [1.29, 1.82) is 0 Å². The number of benzene rings is 1. The van der Waals surface area contributed by atoms with Crippen LogP contribution >= 0.6 is 0 Å². The number of fused-ring (bicyclic) bond motifs is 1. The molecule has 0 spiro atoms. The summed E-state index contributed by atoms with van der Waals surface area (Å²) in [6.45, 7) is 6.97. The van der Waals surface area contributed by atoms with Gasteiger partial charge in [-0.05, 0) is 44.2 Å². The lowest BCUT2D eigenvalue weighted by Gasteiger charge is -2.42. The first-order chi connectivity index (χ1) is 9.88. The highest BCUT2D eigenvalue weighted by Gasteiger charge is 2.27. The first-order valence-electron chi connectivity index (χ1n) is 8.06. The Morgan fingerprint density at radius 2 is 1.95 bits per heavy atom. The monoisotopic (exact) mass is 270 g/mol. The third-order valence-corrected chi connectivity index (χ3v) is 4.74. The second-order valence-electron chi connectivity index (χ2n) is 6.03. The third kappa shape index (κ3) is 2.90.